The lowest BCUT2D eigenvalue weighted by atomic mass is 10.1. The van der Waals surface area contributed by atoms with E-state index in [0.29, 0.717) is 17.4 Å². The van der Waals surface area contributed by atoms with Crippen LogP contribution in [0.15, 0.2) is 30.3 Å². The van der Waals surface area contributed by atoms with Crippen molar-refractivity contribution in [3.8, 4) is 0 Å². The number of amides is 1. The number of carbonyl (C=O) groups is 1. The molecule has 2 aromatic heterocycles. The van der Waals surface area contributed by atoms with Crippen molar-refractivity contribution in [2.75, 3.05) is 5.32 Å². The first kappa shape index (κ1) is 13.4. The maximum absolute atomic E-state index is 12.4. The van der Waals surface area contributed by atoms with Crippen molar-refractivity contribution in [1.29, 1.82) is 0 Å². The minimum atomic E-state index is -0.256. The normalized spacial score (nSPS) is 11.2. The molecule has 108 valence electrons. The zero-order valence-corrected chi connectivity index (χ0v) is 12.2. The fourth-order valence-corrected chi connectivity index (χ4v) is 2.25. The Kier molecular flexibility index (Phi) is 3.21. The molecule has 6 nitrogen and oxygen atoms in total. The van der Waals surface area contributed by atoms with Crippen LogP contribution in [0.2, 0.25) is 0 Å². The quantitative estimate of drug-likeness (QED) is 0.776. The number of rotatable bonds is 3. The summed E-state index contributed by atoms with van der Waals surface area (Å²) in [6.45, 7) is 4.12. The molecular formula is C15H17N5O. The van der Waals surface area contributed by atoms with Gasteiger partial charge in [-0.2, -0.15) is 10.2 Å². The average molecular weight is 283 g/mol. The van der Waals surface area contributed by atoms with Gasteiger partial charge < -0.3 is 5.32 Å². The fourth-order valence-electron chi connectivity index (χ4n) is 2.25. The van der Waals surface area contributed by atoms with Crippen LogP contribution in [-0.2, 0) is 7.05 Å². The van der Waals surface area contributed by atoms with Gasteiger partial charge in [-0.15, -0.1) is 0 Å². The molecule has 0 bridgehead atoms. The van der Waals surface area contributed by atoms with Gasteiger partial charge >= 0.3 is 0 Å². The maximum Gasteiger partial charge on any atom is 0.278 e. The molecule has 1 aromatic carbocycles. The van der Waals surface area contributed by atoms with E-state index in [2.05, 4.69) is 34.5 Å². The number of anilines is 1. The molecule has 0 radical (unpaired) electrons. The summed E-state index contributed by atoms with van der Waals surface area (Å²) < 4.78 is 1.70. The summed E-state index contributed by atoms with van der Waals surface area (Å²) in [4.78, 5) is 12.4. The zero-order valence-electron chi connectivity index (χ0n) is 12.2. The van der Waals surface area contributed by atoms with Crippen molar-refractivity contribution in [3.05, 3.63) is 41.7 Å². The molecule has 0 fully saturated rings. The lowest BCUT2D eigenvalue weighted by Crippen LogP contribution is -2.13. The van der Waals surface area contributed by atoms with Crippen LogP contribution in [-0.4, -0.2) is 25.9 Å². The van der Waals surface area contributed by atoms with Gasteiger partial charge in [0.15, 0.2) is 11.5 Å². The van der Waals surface area contributed by atoms with Crippen LogP contribution in [0.3, 0.4) is 0 Å². The molecular weight excluding hydrogens is 266 g/mol. The number of benzene rings is 1. The number of hydrogen-bond donors (Lipinski definition) is 2. The van der Waals surface area contributed by atoms with Gasteiger partial charge in [-0.3, -0.25) is 14.6 Å². The molecule has 6 heteroatoms. The summed E-state index contributed by atoms with van der Waals surface area (Å²) in [6, 6.07) is 9.49. The standard InChI is InChI=1S/C15H17N5O/c1-9(2)11-8-13(18-17-11)16-15(21)14-10-6-4-5-7-12(10)20(3)19-14/h4-9H,1-3H3,(H2,16,17,18,21). The van der Waals surface area contributed by atoms with Gasteiger partial charge in [0.25, 0.3) is 5.91 Å². The third kappa shape index (κ3) is 2.40. The third-order valence-electron chi connectivity index (χ3n) is 3.43. The lowest BCUT2D eigenvalue weighted by molar-refractivity contribution is 0.102. The topological polar surface area (TPSA) is 75.6 Å². The van der Waals surface area contributed by atoms with Gasteiger partial charge in [0.1, 0.15) is 0 Å². The van der Waals surface area contributed by atoms with Gasteiger partial charge in [-0.05, 0) is 12.0 Å². The van der Waals surface area contributed by atoms with Crippen molar-refractivity contribution in [2.24, 2.45) is 7.05 Å². The SMILES string of the molecule is CC(C)c1cc(NC(=O)c2nn(C)c3ccccc23)n[nH]1. The van der Waals surface area contributed by atoms with Crippen molar-refractivity contribution in [3.63, 3.8) is 0 Å². The van der Waals surface area contributed by atoms with E-state index in [9.17, 15) is 4.79 Å². The molecule has 3 aromatic rings. The van der Waals surface area contributed by atoms with Crippen LogP contribution in [0.5, 0.6) is 0 Å². The van der Waals surface area contributed by atoms with Crippen LogP contribution in [0.25, 0.3) is 10.9 Å². The van der Waals surface area contributed by atoms with E-state index >= 15 is 0 Å². The predicted octanol–water partition coefficient (Wildman–Crippen LogP) is 2.67. The zero-order chi connectivity index (χ0) is 15.0. The smallest absolute Gasteiger partial charge is 0.278 e. The van der Waals surface area contributed by atoms with Gasteiger partial charge in [0.05, 0.1) is 5.52 Å². The second kappa shape index (κ2) is 5.05. The van der Waals surface area contributed by atoms with E-state index in [1.54, 1.807) is 4.68 Å². The Morgan fingerprint density at radius 3 is 2.81 bits per heavy atom. The highest BCUT2D eigenvalue weighted by Gasteiger charge is 2.17. The molecule has 21 heavy (non-hydrogen) atoms. The van der Waals surface area contributed by atoms with Gasteiger partial charge in [0, 0.05) is 24.2 Å². The van der Waals surface area contributed by atoms with Gasteiger partial charge in [-0.25, -0.2) is 0 Å². The van der Waals surface area contributed by atoms with E-state index in [4.69, 9.17) is 0 Å². The highest BCUT2D eigenvalue weighted by Crippen LogP contribution is 2.19. The Labute approximate surface area is 122 Å². The molecule has 2 N–H and O–H groups in total. The van der Waals surface area contributed by atoms with Gasteiger partial charge in [-0.1, -0.05) is 32.0 Å². The maximum atomic E-state index is 12.4. The Bertz CT molecular complexity index is 799. The second-order valence-corrected chi connectivity index (χ2v) is 5.31. The monoisotopic (exact) mass is 283 g/mol. The minimum absolute atomic E-state index is 0.256. The first-order valence-corrected chi connectivity index (χ1v) is 6.84. The number of aromatic amines is 1. The summed E-state index contributed by atoms with van der Waals surface area (Å²) in [5.41, 5.74) is 2.31. The molecule has 0 spiro atoms. The molecule has 0 aliphatic heterocycles. The van der Waals surface area contributed by atoms with Gasteiger partial charge in [0.2, 0.25) is 0 Å². The third-order valence-corrected chi connectivity index (χ3v) is 3.43. The van der Waals surface area contributed by atoms with E-state index in [1.165, 1.54) is 0 Å². The number of carbonyl (C=O) groups excluding carboxylic acids is 1. The van der Waals surface area contributed by atoms with E-state index in [0.717, 1.165) is 16.6 Å². The largest absolute Gasteiger partial charge is 0.304 e. The number of hydrogen-bond acceptors (Lipinski definition) is 3. The van der Waals surface area contributed by atoms with E-state index in [1.807, 2.05) is 37.4 Å². The number of nitrogens with one attached hydrogen (secondary N) is 2. The van der Waals surface area contributed by atoms with Crippen LogP contribution < -0.4 is 5.32 Å². The number of nitrogens with zero attached hydrogens (tertiary/aromatic N) is 3. The molecule has 3 rings (SSSR count). The summed E-state index contributed by atoms with van der Waals surface area (Å²) in [6.07, 6.45) is 0. The number of para-hydroxylation sites is 1. The number of aromatic nitrogens is 4. The van der Waals surface area contributed by atoms with Crippen LogP contribution in [0, 0.1) is 0 Å². The predicted molar refractivity (Wildman–Crippen MR) is 81.3 cm³/mol. The first-order valence-electron chi connectivity index (χ1n) is 6.84. The molecule has 0 aliphatic rings. The van der Waals surface area contributed by atoms with Crippen LogP contribution in [0.4, 0.5) is 5.82 Å². The number of fused-ring (bicyclic) bond motifs is 1. The molecule has 1 amide bonds. The van der Waals surface area contributed by atoms with Crippen LogP contribution >= 0.6 is 0 Å². The molecule has 2 heterocycles. The number of H-pyrrole nitrogens is 1. The summed E-state index contributed by atoms with van der Waals surface area (Å²) in [5, 5.41) is 14.9. The molecule has 0 unspecified atom stereocenters. The Hall–Kier alpha value is -2.63. The fraction of sp³-hybridized carbons (Fsp3) is 0.267. The molecule has 0 aliphatic carbocycles. The van der Waals surface area contributed by atoms with Crippen molar-refractivity contribution >= 4 is 22.6 Å². The van der Waals surface area contributed by atoms with Crippen molar-refractivity contribution in [1.82, 2.24) is 20.0 Å². The highest BCUT2D eigenvalue weighted by atomic mass is 16.2. The summed E-state index contributed by atoms with van der Waals surface area (Å²) in [5.74, 6) is 0.589. The molecule has 0 saturated carbocycles. The van der Waals surface area contributed by atoms with Crippen molar-refractivity contribution in [2.45, 2.75) is 19.8 Å². The van der Waals surface area contributed by atoms with Crippen LogP contribution in [0.1, 0.15) is 35.9 Å². The van der Waals surface area contributed by atoms with Crippen molar-refractivity contribution < 1.29 is 4.79 Å². The Morgan fingerprint density at radius 2 is 2.10 bits per heavy atom. The number of aryl methyl sites for hydroxylation is 1. The second-order valence-electron chi connectivity index (χ2n) is 5.31. The lowest BCUT2D eigenvalue weighted by Gasteiger charge is -1.99. The summed E-state index contributed by atoms with van der Waals surface area (Å²) >= 11 is 0. The molecule has 0 atom stereocenters. The molecule has 0 saturated heterocycles. The summed E-state index contributed by atoms with van der Waals surface area (Å²) in [7, 11) is 1.82. The Morgan fingerprint density at radius 1 is 1.33 bits per heavy atom. The average Bonchev–Trinajstić information content (AvgIpc) is 3.05. The van der Waals surface area contributed by atoms with E-state index in [-0.39, 0.29) is 5.91 Å². The Balaban J connectivity index is 1.90. The first-order chi connectivity index (χ1) is 10.1. The highest BCUT2D eigenvalue weighted by molar-refractivity contribution is 6.10. The minimum Gasteiger partial charge on any atom is -0.304 e. The van der Waals surface area contributed by atoms with E-state index < -0.39 is 0 Å².